The van der Waals surface area contributed by atoms with Crippen molar-refractivity contribution in [1.82, 2.24) is 4.90 Å². The van der Waals surface area contributed by atoms with Crippen LogP contribution >= 0.6 is 0 Å². The summed E-state index contributed by atoms with van der Waals surface area (Å²) in [5.74, 6) is -0.282. The second-order valence-corrected chi connectivity index (χ2v) is 2.81. The molecule has 1 atom stereocenters. The number of carbonyl (C=O) groups excluding carboxylic acids is 1. The fourth-order valence-corrected chi connectivity index (χ4v) is 0.623. The number of likely N-dealkylation sites (N-methyl/N-ethyl adjacent to an activating group) is 1. The van der Waals surface area contributed by atoms with E-state index in [9.17, 15) is 9.18 Å². The number of halogens is 1. The van der Waals surface area contributed by atoms with Crippen LogP contribution in [0.4, 0.5) is 4.39 Å². The van der Waals surface area contributed by atoms with Crippen LogP contribution in [0.25, 0.3) is 0 Å². The zero-order valence-electron chi connectivity index (χ0n) is 7.84. The number of nitrogens with zero attached hydrogens (tertiary/aromatic N) is 1. The van der Waals surface area contributed by atoms with Crippen LogP contribution in [0.2, 0.25) is 0 Å². The minimum Gasteiger partial charge on any atom is -0.464 e. The molecule has 0 N–H and O–H groups in total. The van der Waals surface area contributed by atoms with E-state index in [4.69, 9.17) is 4.74 Å². The summed E-state index contributed by atoms with van der Waals surface area (Å²) in [6.45, 7) is 1.35. The Balaban J connectivity index is 3.65. The van der Waals surface area contributed by atoms with Crippen LogP contribution in [0.3, 0.4) is 0 Å². The molecule has 0 aromatic heterocycles. The van der Waals surface area contributed by atoms with Crippen molar-refractivity contribution in [2.75, 3.05) is 27.4 Å². The van der Waals surface area contributed by atoms with E-state index in [0.29, 0.717) is 6.42 Å². The van der Waals surface area contributed by atoms with Crippen LogP contribution < -0.4 is 0 Å². The van der Waals surface area contributed by atoms with E-state index < -0.39 is 6.67 Å². The molecule has 0 radical (unpaired) electrons. The Morgan fingerprint density at radius 3 is 2.50 bits per heavy atom. The number of rotatable bonds is 5. The quantitative estimate of drug-likeness (QED) is 0.583. The highest BCUT2D eigenvalue weighted by Crippen LogP contribution is 1.96. The molecule has 0 spiro atoms. The van der Waals surface area contributed by atoms with Gasteiger partial charge in [-0.2, -0.15) is 0 Å². The van der Waals surface area contributed by atoms with Crippen molar-refractivity contribution in [3.63, 3.8) is 0 Å². The normalized spacial score (nSPS) is 13.1. The van der Waals surface area contributed by atoms with E-state index in [2.05, 4.69) is 0 Å². The summed E-state index contributed by atoms with van der Waals surface area (Å²) in [5.41, 5.74) is 0. The molecular weight excluding hydrogens is 161 g/mol. The van der Waals surface area contributed by atoms with E-state index >= 15 is 0 Å². The van der Waals surface area contributed by atoms with Crippen molar-refractivity contribution >= 4 is 5.97 Å². The summed E-state index contributed by atoms with van der Waals surface area (Å²) in [5, 5.41) is 0. The van der Waals surface area contributed by atoms with Crippen molar-refractivity contribution in [3.8, 4) is 0 Å². The van der Waals surface area contributed by atoms with E-state index in [-0.39, 0.29) is 18.6 Å². The third kappa shape index (κ3) is 4.28. The maximum Gasteiger partial charge on any atom is 0.305 e. The molecule has 0 aliphatic carbocycles. The predicted octanol–water partition coefficient (Wildman–Crippen LogP) is 0.839. The molecule has 4 heteroatoms. The van der Waals surface area contributed by atoms with Gasteiger partial charge in [0.25, 0.3) is 0 Å². The maximum absolute atomic E-state index is 12.2. The van der Waals surface area contributed by atoms with Crippen molar-refractivity contribution < 1.29 is 13.9 Å². The van der Waals surface area contributed by atoms with Crippen LogP contribution in [0.15, 0.2) is 0 Å². The lowest BCUT2D eigenvalue weighted by Crippen LogP contribution is -2.35. The third-order valence-corrected chi connectivity index (χ3v) is 1.63. The number of hydrogen-bond acceptors (Lipinski definition) is 3. The highest BCUT2D eigenvalue weighted by Gasteiger charge is 2.12. The summed E-state index contributed by atoms with van der Waals surface area (Å²) < 4.78 is 17.0. The molecule has 0 aromatic carbocycles. The lowest BCUT2D eigenvalue weighted by Gasteiger charge is -2.20. The largest absolute Gasteiger partial charge is 0.464 e. The molecule has 0 aromatic rings. The monoisotopic (exact) mass is 177 g/mol. The Morgan fingerprint density at radius 1 is 1.58 bits per heavy atom. The van der Waals surface area contributed by atoms with Crippen LogP contribution in [0.5, 0.6) is 0 Å². The highest BCUT2D eigenvalue weighted by atomic mass is 19.1. The molecule has 0 saturated heterocycles. The number of alkyl halides is 1. The summed E-state index contributed by atoms with van der Waals surface area (Å²) in [4.78, 5) is 12.4. The third-order valence-electron chi connectivity index (χ3n) is 1.63. The molecule has 1 unspecified atom stereocenters. The van der Waals surface area contributed by atoms with Gasteiger partial charge in [0.15, 0.2) is 0 Å². The average Bonchev–Trinajstić information content (AvgIpc) is 2.04. The van der Waals surface area contributed by atoms with Gasteiger partial charge >= 0.3 is 5.97 Å². The smallest absolute Gasteiger partial charge is 0.305 e. The second kappa shape index (κ2) is 5.94. The standard InChI is InChI=1S/C8H16FNO2/c1-4-8(11)12-6-7(5-9)10(2)3/h7H,4-6H2,1-3H3. The summed E-state index contributed by atoms with van der Waals surface area (Å²) in [6.07, 6.45) is 0.340. The van der Waals surface area contributed by atoms with Gasteiger partial charge in [-0.25, -0.2) is 4.39 Å². The van der Waals surface area contributed by atoms with Crippen molar-refractivity contribution in [2.24, 2.45) is 0 Å². The molecule has 12 heavy (non-hydrogen) atoms. The fraction of sp³-hybridized carbons (Fsp3) is 0.875. The van der Waals surface area contributed by atoms with Crippen molar-refractivity contribution in [2.45, 2.75) is 19.4 Å². The van der Waals surface area contributed by atoms with Gasteiger partial charge in [0.05, 0.1) is 6.04 Å². The van der Waals surface area contributed by atoms with E-state index in [1.54, 1.807) is 25.9 Å². The summed E-state index contributed by atoms with van der Waals surface area (Å²) in [7, 11) is 3.51. The van der Waals surface area contributed by atoms with Gasteiger partial charge in [-0.15, -0.1) is 0 Å². The van der Waals surface area contributed by atoms with Crippen LogP contribution in [0.1, 0.15) is 13.3 Å². The van der Waals surface area contributed by atoms with Crippen LogP contribution in [-0.4, -0.2) is 44.3 Å². The molecule has 0 aliphatic rings. The lowest BCUT2D eigenvalue weighted by molar-refractivity contribution is -0.144. The molecule has 3 nitrogen and oxygen atoms in total. The highest BCUT2D eigenvalue weighted by molar-refractivity contribution is 5.68. The molecule has 72 valence electrons. The van der Waals surface area contributed by atoms with Gasteiger partial charge < -0.3 is 9.64 Å². The van der Waals surface area contributed by atoms with Gasteiger partial charge in [-0.1, -0.05) is 6.92 Å². The predicted molar refractivity (Wildman–Crippen MR) is 44.7 cm³/mol. The minimum atomic E-state index is -0.496. The fourth-order valence-electron chi connectivity index (χ4n) is 0.623. The van der Waals surface area contributed by atoms with Gasteiger partial charge in [0.2, 0.25) is 0 Å². The van der Waals surface area contributed by atoms with E-state index in [0.717, 1.165) is 0 Å². The number of carbonyl (C=O) groups is 1. The first kappa shape index (κ1) is 11.4. The molecule has 0 saturated carbocycles. The Hall–Kier alpha value is -0.640. The van der Waals surface area contributed by atoms with Gasteiger partial charge in [0, 0.05) is 6.42 Å². The first-order valence-corrected chi connectivity index (χ1v) is 3.99. The number of hydrogen-bond donors (Lipinski definition) is 0. The first-order chi connectivity index (χ1) is 5.61. The van der Waals surface area contributed by atoms with Crippen molar-refractivity contribution in [1.29, 1.82) is 0 Å². The van der Waals surface area contributed by atoms with Gasteiger partial charge in [-0.3, -0.25) is 4.79 Å². The Bertz CT molecular complexity index is 139. The van der Waals surface area contributed by atoms with Gasteiger partial charge in [0.1, 0.15) is 13.3 Å². The van der Waals surface area contributed by atoms with E-state index in [1.165, 1.54) is 0 Å². The molecular formula is C8H16FNO2. The molecule has 0 heterocycles. The summed E-state index contributed by atoms with van der Waals surface area (Å²) in [6, 6.07) is -0.319. The zero-order chi connectivity index (χ0) is 9.56. The second-order valence-electron chi connectivity index (χ2n) is 2.81. The topological polar surface area (TPSA) is 29.5 Å². The number of esters is 1. The molecule has 0 fully saturated rings. The Labute approximate surface area is 72.5 Å². The Kier molecular flexibility index (Phi) is 5.62. The SMILES string of the molecule is CCC(=O)OCC(CF)N(C)C. The molecule has 0 amide bonds. The maximum atomic E-state index is 12.2. The molecule has 0 aliphatic heterocycles. The van der Waals surface area contributed by atoms with E-state index in [1.807, 2.05) is 0 Å². The molecule has 0 bridgehead atoms. The van der Waals surface area contributed by atoms with Crippen molar-refractivity contribution in [3.05, 3.63) is 0 Å². The van der Waals surface area contributed by atoms with Crippen LogP contribution in [-0.2, 0) is 9.53 Å². The first-order valence-electron chi connectivity index (χ1n) is 3.99. The van der Waals surface area contributed by atoms with Crippen LogP contribution in [0, 0.1) is 0 Å². The Morgan fingerprint density at radius 2 is 2.17 bits per heavy atom. The lowest BCUT2D eigenvalue weighted by atomic mass is 10.3. The van der Waals surface area contributed by atoms with Gasteiger partial charge in [-0.05, 0) is 14.1 Å². The number of ether oxygens (including phenoxy) is 1. The minimum absolute atomic E-state index is 0.135. The zero-order valence-corrected chi connectivity index (χ0v) is 7.84. The molecule has 0 rings (SSSR count). The average molecular weight is 177 g/mol. The summed E-state index contributed by atoms with van der Waals surface area (Å²) >= 11 is 0.